The molecule has 1 N–H and O–H groups in total. The molecule has 0 heterocycles. The van der Waals surface area contributed by atoms with Gasteiger partial charge in [-0.2, -0.15) is 0 Å². The molecule has 0 amide bonds. The quantitative estimate of drug-likeness (QED) is 0.575. The van der Waals surface area contributed by atoms with Crippen LogP contribution in [0, 0.1) is 0 Å². The van der Waals surface area contributed by atoms with Crippen molar-refractivity contribution < 1.29 is 0 Å². The average molecular weight is 405 g/mol. The molecule has 2 aromatic rings. The number of thioether (sulfide) groups is 1. The summed E-state index contributed by atoms with van der Waals surface area (Å²) in [6.07, 6.45) is 0. The van der Waals surface area contributed by atoms with Crippen LogP contribution in [-0.4, -0.2) is 12.3 Å². The van der Waals surface area contributed by atoms with Gasteiger partial charge in [0.2, 0.25) is 0 Å². The van der Waals surface area contributed by atoms with E-state index in [1.165, 1.54) is 4.90 Å². The van der Waals surface area contributed by atoms with E-state index < -0.39 is 0 Å². The minimum Gasteiger partial charge on any atom is -0.309 e. The summed E-state index contributed by atoms with van der Waals surface area (Å²) in [7, 11) is 0. The van der Waals surface area contributed by atoms with Crippen molar-refractivity contribution >= 4 is 50.9 Å². The zero-order chi connectivity index (χ0) is 15.2. The average Bonchev–Trinajstić information content (AvgIpc) is 2.46. The molecule has 1 atom stereocenters. The van der Waals surface area contributed by atoms with Gasteiger partial charge in [-0.05, 0) is 48.5 Å². The molecule has 2 aromatic carbocycles. The molecule has 0 radical (unpaired) electrons. The molecule has 0 spiro atoms. The summed E-state index contributed by atoms with van der Waals surface area (Å²) in [4.78, 5) is 1.23. The molecule has 112 valence electrons. The van der Waals surface area contributed by atoms with Crippen LogP contribution in [0.15, 0.2) is 51.8 Å². The van der Waals surface area contributed by atoms with E-state index in [4.69, 9.17) is 23.2 Å². The van der Waals surface area contributed by atoms with Crippen molar-refractivity contribution in [2.75, 3.05) is 12.3 Å². The first-order chi connectivity index (χ1) is 10.1. The van der Waals surface area contributed by atoms with Crippen molar-refractivity contribution in [3.05, 3.63) is 62.5 Å². The third-order valence-corrected chi connectivity index (χ3v) is 5.16. The highest BCUT2D eigenvalue weighted by Crippen LogP contribution is 2.31. The third-order valence-electron chi connectivity index (χ3n) is 3.00. The van der Waals surface area contributed by atoms with Crippen molar-refractivity contribution in [3.63, 3.8) is 0 Å². The van der Waals surface area contributed by atoms with Gasteiger partial charge in [0.1, 0.15) is 0 Å². The Morgan fingerprint density at radius 2 is 2.00 bits per heavy atom. The molecule has 0 aliphatic heterocycles. The monoisotopic (exact) mass is 403 g/mol. The Bertz CT molecular complexity index is 607. The summed E-state index contributed by atoms with van der Waals surface area (Å²) in [5, 5.41) is 4.94. The summed E-state index contributed by atoms with van der Waals surface area (Å²) in [5.74, 6) is 0.893. The van der Waals surface area contributed by atoms with Crippen LogP contribution in [0.2, 0.25) is 10.0 Å². The fraction of sp³-hybridized carbons (Fsp3) is 0.250. The Morgan fingerprint density at radius 1 is 1.19 bits per heavy atom. The van der Waals surface area contributed by atoms with Crippen LogP contribution in [0.25, 0.3) is 0 Å². The van der Waals surface area contributed by atoms with E-state index in [1.54, 1.807) is 11.8 Å². The molecule has 5 heteroatoms. The molecule has 0 saturated heterocycles. The summed E-state index contributed by atoms with van der Waals surface area (Å²) in [5.41, 5.74) is 1.05. The molecular formula is C16H16BrCl2NS. The molecule has 1 nitrogen and oxygen atoms in total. The maximum atomic E-state index is 6.32. The lowest BCUT2D eigenvalue weighted by Gasteiger charge is -2.19. The Hall–Kier alpha value is -0.190. The first-order valence-corrected chi connectivity index (χ1v) is 9.20. The molecule has 0 fully saturated rings. The largest absolute Gasteiger partial charge is 0.309 e. The number of benzene rings is 2. The van der Waals surface area contributed by atoms with Crippen LogP contribution >= 0.6 is 50.9 Å². The molecule has 21 heavy (non-hydrogen) atoms. The first kappa shape index (κ1) is 17.2. The van der Waals surface area contributed by atoms with Crippen LogP contribution in [-0.2, 0) is 0 Å². The van der Waals surface area contributed by atoms with E-state index in [0.29, 0.717) is 5.02 Å². The van der Waals surface area contributed by atoms with Gasteiger partial charge in [0.15, 0.2) is 0 Å². The lowest BCUT2D eigenvalue weighted by atomic mass is 10.1. The van der Waals surface area contributed by atoms with E-state index in [-0.39, 0.29) is 6.04 Å². The Balaban J connectivity index is 2.13. The highest BCUT2D eigenvalue weighted by Gasteiger charge is 2.15. The van der Waals surface area contributed by atoms with E-state index >= 15 is 0 Å². The van der Waals surface area contributed by atoms with Gasteiger partial charge >= 0.3 is 0 Å². The predicted molar refractivity (Wildman–Crippen MR) is 97.7 cm³/mol. The normalized spacial score (nSPS) is 12.4. The van der Waals surface area contributed by atoms with Crippen LogP contribution in [0.5, 0.6) is 0 Å². The molecule has 0 aliphatic carbocycles. The number of rotatable bonds is 6. The molecule has 0 saturated carbocycles. The second kappa shape index (κ2) is 8.44. The van der Waals surface area contributed by atoms with Gasteiger partial charge in [0, 0.05) is 31.2 Å². The van der Waals surface area contributed by atoms with Crippen molar-refractivity contribution in [2.24, 2.45) is 0 Å². The van der Waals surface area contributed by atoms with Crippen LogP contribution in [0.4, 0.5) is 0 Å². The standard InChI is InChI=1S/C16H16BrCl2NS/c1-2-20-16(14-9-12(18)6-7-15(14)19)10-21-13-5-3-4-11(17)8-13/h3-9,16,20H,2,10H2,1H3. The summed E-state index contributed by atoms with van der Waals surface area (Å²) >= 11 is 17.7. The van der Waals surface area contributed by atoms with Gasteiger partial charge in [-0.1, -0.05) is 52.1 Å². The number of hydrogen-bond acceptors (Lipinski definition) is 2. The van der Waals surface area contributed by atoms with E-state index in [0.717, 1.165) is 27.4 Å². The van der Waals surface area contributed by atoms with Crippen LogP contribution < -0.4 is 5.32 Å². The first-order valence-electron chi connectivity index (χ1n) is 6.67. The molecule has 2 rings (SSSR count). The highest BCUT2D eigenvalue weighted by atomic mass is 79.9. The van der Waals surface area contributed by atoms with Crippen LogP contribution in [0.1, 0.15) is 18.5 Å². The highest BCUT2D eigenvalue weighted by molar-refractivity contribution is 9.10. The SMILES string of the molecule is CCNC(CSc1cccc(Br)c1)c1cc(Cl)ccc1Cl. The smallest absolute Gasteiger partial charge is 0.0455 e. The fourth-order valence-electron chi connectivity index (χ4n) is 2.02. The maximum absolute atomic E-state index is 6.32. The Morgan fingerprint density at radius 3 is 2.71 bits per heavy atom. The fourth-order valence-corrected chi connectivity index (χ4v) is 4.05. The van der Waals surface area contributed by atoms with Crippen molar-refractivity contribution in [1.82, 2.24) is 5.32 Å². The summed E-state index contributed by atoms with van der Waals surface area (Å²) < 4.78 is 1.09. The van der Waals surface area contributed by atoms with Crippen molar-refractivity contribution in [2.45, 2.75) is 17.9 Å². The maximum Gasteiger partial charge on any atom is 0.0455 e. The lowest BCUT2D eigenvalue weighted by molar-refractivity contribution is 0.606. The zero-order valence-corrected chi connectivity index (χ0v) is 15.5. The van der Waals surface area contributed by atoms with E-state index in [9.17, 15) is 0 Å². The third kappa shape index (κ3) is 5.19. The second-order valence-electron chi connectivity index (χ2n) is 4.54. The van der Waals surface area contributed by atoms with Gasteiger partial charge in [0.25, 0.3) is 0 Å². The van der Waals surface area contributed by atoms with Crippen LogP contribution in [0.3, 0.4) is 0 Å². The predicted octanol–water partition coefficient (Wildman–Crippen LogP) is 6.20. The van der Waals surface area contributed by atoms with Crippen molar-refractivity contribution in [3.8, 4) is 0 Å². The van der Waals surface area contributed by atoms with Gasteiger partial charge in [-0.15, -0.1) is 11.8 Å². The second-order valence-corrected chi connectivity index (χ2v) is 7.40. The Kier molecular flexibility index (Phi) is 6.90. The zero-order valence-electron chi connectivity index (χ0n) is 11.6. The number of hydrogen-bond donors (Lipinski definition) is 1. The molecular weight excluding hydrogens is 389 g/mol. The molecule has 0 bridgehead atoms. The minimum absolute atomic E-state index is 0.171. The molecule has 0 aliphatic rings. The summed E-state index contributed by atoms with van der Waals surface area (Å²) in [6.45, 7) is 2.97. The molecule has 1 unspecified atom stereocenters. The van der Waals surface area contributed by atoms with Gasteiger partial charge in [-0.3, -0.25) is 0 Å². The number of halogens is 3. The van der Waals surface area contributed by atoms with Gasteiger partial charge in [0.05, 0.1) is 0 Å². The minimum atomic E-state index is 0.171. The lowest BCUT2D eigenvalue weighted by Crippen LogP contribution is -2.23. The van der Waals surface area contributed by atoms with Crippen molar-refractivity contribution in [1.29, 1.82) is 0 Å². The summed E-state index contributed by atoms with van der Waals surface area (Å²) in [6, 6.07) is 14.1. The number of nitrogens with one attached hydrogen (secondary N) is 1. The van der Waals surface area contributed by atoms with Gasteiger partial charge < -0.3 is 5.32 Å². The van der Waals surface area contributed by atoms with E-state index in [1.807, 2.05) is 30.3 Å². The van der Waals surface area contributed by atoms with E-state index in [2.05, 4.69) is 40.3 Å². The topological polar surface area (TPSA) is 12.0 Å². The molecule has 0 aromatic heterocycles. The van der Waals surface area contributed by atoms with Gasteiger partial charge in [-0.25, -0.2) is 0 Å². The Labute approximate surface area is 148 Å².